The van der Waals surface area contributed by atoms with Gasteiger partial charge in [-0.05, 0) is 0 Å². The third-order valence-corrected chi connectivity index (χ3v) is 5.62. The van der Waals surface area contributed by atoms with Gasteiger partial charge in [0.25, 0.3) is 0 Å². The van der Waals surface area contributed by atoms with Gasteiger partial charge in [-0.25, -0.2) is 0 Å². The first-order chi connectivity index (χ1) is 9.42. The van der Waals surface area contributed by atoms with Gasteiger partial charge in [-0.15, -0.1) is 0 Å². The van der Waals surface area contributed by atoms with Crippen molar-refractivity contribution in [3.63, 3.8) is 0 Å². The van der Waals surface area contributed by atoms with E-state index in [2.05, 4.69) is 40.3 Å². The fourth-order valence-electron chi connectivity index (χ4n) is 2.30. The summed E-state index contributed by atoms with van der Waals surface area (Å²) in [5, 5.41) is 2.65. The zero-order chi connectivity index (χ0) is 12.7. The Morgan fingerprint density at radius 2 is 1.68 bits per heavy atom. The Morgan fingerprint density at radius 3 is 2.58 bits per heavy atom. The monoisotopic (exact) mass is 310 g/mol. The van der Waals surface area contributed by atoms with Crippen molar-refractivity contribution in [2.45, 2.75) is 0 Å². The van der Waals surface area contributed by atoms with Crippen molar-refractivity contribution in [1.29, 1.82) is 0 Å². The molecule has 0 spiro atoms. The first kappa shape index (κ1) is 10.9. The predicted molar refractivity (Wildman–Crippen MR) is 79.4 cm³/mol. The fraction of sp³-hybridized carbons (Fsp3) is 0. The van der Waals surface area contributed by atoms with Crippen molar-refractivity contribution in [2.75, 3.05) is 0 Å². The molecule has 0 unspecified atom stereocenters. The van der Waals surface area contributed by atoms with E-state index in [0.717, 1.165) is 11.3 Å². The molecule has 3 heterocycles. The summed E-state index contributed by atoms with van der Waals surface area (Å²) < 4.78 is 2.88. The van der Waals surface area contributed by atoms with Crippen molar-refractivity contribution in [3.8, 4) is 11.3 Å². The van der Waals surface area contributed by atoms with Gasteiger partial charge in [-0.1, -0.05) is 0 Å². The molecule has 3 heteroatoms. The summed E-state index contributed by atoms with van der Waals surface area (Å²) in [5.74, 6) is 0. The maximum absolute atomic E-state index is 4.60. The SMILES string of the molecule is c1ccc2c(c1)[se]c1cc(-c3ccncc3)ncc12. The topological polar surface area (TPSA) is 25.8 Å². The van der Waals surface area contributed by atoms with Crippen LogP contribution in [0.4, 0.5) is 0 Å². The molecule has 1 aromatic carbocycles. The number of hydrogen-bond donors (Lipinski definition) is 0. The second-order valence-corrected chi connectivity index (χ2v) is 6.67. The number of hydrogen-bond acceptors (Lipinski definition) is 2. The minimum absolute atomic E-state index is 0.399. The van der Waals surface area contributed by atoms with Gasteiger partial charge in [0.05, 0.1) is 0 Å². The van der Waals surface area contributed by atoms with E-state index in [9.17, 15) is 0 Å². The molecule has 2 nitrogen and oxygen atoms in total. The molecule has 0 aliphatic carbocycles. The van der Waals surface area contributed by atoms with E-state index in [0.29, 0.717) is 14.5 Å². The molecule has 0 bridgehead atoms. The van der Waals surface area contributed by atoms with Crippen LogP contribution in [0.5, 0.6) is 0 Å². The molecule has 19 heavy (non-hydrogen) atoms. The third kappa shape index (κ3) is 1.79. The molecule has 3 aromatic heterocycles. The van der Waals surface area contributed by atoms with E-state index in [4.69, 9.17) is 0 Å². The molecule has 4 rings (SSSR count). The Kier molecular flexibility index (Phi) is 2.47. The second-order valence-electron chi connectivity index (χ2n) is 4.40. The van der Waals surface area contributed by atoms with Crippen LogP contribution in [0.2, 0.25) is 0 Å². The molecule has 4 aromatic rings. The number of pyridine rings is 2. The van der Waals surface area contributed by atoms with Crippen LogP contribution in [0, 0.1) is 0 Å². The number of nitrogens with zero attached hydrogens (tertiary/aromatic N) is 2. The molecule has 0 saturated carbocycles. The molecule has 0 saturated heterocycles. The molecule has 0 atom stereocenters. The van der Waals surface area contributed by atoms with E-state index in [1.165, 1.54) is 19.3 Å². The van der Waals surface area contributed by atoms with E-state index in [1.807, 2.05) is 30.7 Å². The van der Waals surface area contributed by atoms with Gasteiger partial charge in [0, 0.05) is 0 Å². The first-order valence-electron chi connectivity index (χ1n) is 6.09. The quantitative estimate of drug-likeness (QED) is 0.503. The Hall–Kier alpha value is -1.96. The van der Waals surface area contributed by atoms with Gasteiger partial charge in [0.2, 0.25) is 0 Å². The summed E-state index contributed by atoms with van der Waals surface area (Å²) in [5.41, 5.74) is 2.17. The predicted octanol–water partition coefficient (Wildman–Crippen LogP) is 3.51. The third-order valence-electron chi connectivity index (χ3n) is 3.24. The van der Waals surface area contributed by atoms with Crippen molar-refractivity contribution >= 4 is 33.8 Å². The minimum atomic E-state index is 0.399. The standard InChI is InChI=1S/C16H10N2Se/c1-2-4-15-12(3-1)13-10-18-14(9-16(13)19-15)11-5-7-17-8-6-11/h1-10H. The molecule has 0 amide bonds. The Balaban J connectivity index is 1.99. The summed E-state index contributed by atoms with van der Waals surface area (Å²) in [6.45, 7) is 0. The molecule has 0 aliphatic rings. The number of fused-ring (bicyclic) bond motifs is 3. The van der Waals surface area contributed by atoms with Gasteiger partial charge in [-0.3, -0.25) is 0 Å². The molecule has 0 fully saturated rings. The van der Waals surface area contributed by atoms with Crippen LogP contribution in [0.25, 0.3) is 30.6 Å². The maximum atomic E-state index is 4.60. The van der Waals surface area contributed by atoms with Gasteiger partial charge >= 0.3 is 116 Å². The van der Waals surface area contributed by atoms with E-state index < -0.39 is 0 Å². The van der Waals surface area contributed by atoms with Crippen LogP contribution in [0.15, 0.2) is 61.1 Å². The summed E-state index contributed by atoms with van der Waals surface area (Å²) in [6.07, 6.45) is 5.63. The van der Waals surface area contributed by atoms with Gasteiger partial charge in [0.1, 0.15) is 0 Å². The first-order valence-corrected chi connectivity index (χ1v) is 7.81. The molecule has 0 radical (unpaired) electrons. The van der Waals surface area contributed by atoms with Crippen molar-refractivity contribution in [1.82, 2.24) is 9.97 Å². The van der Waals surface area contributed by atoms with Crippen molar-refractivity contribution in [3.05, 3.63) is 61.1 Å². The van der Waals surface area contributed by atoms with E-state index in [-0.39, 0.29) is 0 Å². The van der Waals surface area contributed by atoms with Crippen LogP contribution in [-0.4, -0.2) is 24.5 Å². The normalized spacial score (nSPS) is 11.2. The molecular weight excluding hydrogens is 299 g/mol. The Morgan fingerprint density at radius 1 is 0.842 bits per heavy atom. The van der Waals surface area contributed by atoms with Gasteiger partial charge < -0.3 is 0 Å². The van der Waals surface area contributed by atoms with Crippen molar-refractivity contribution < 1.29 is 0 Å². The van der Waals surface area contributed by atoms with Gasteiger partial charge in [-0.2, -0.15) is 0 Å². The van der Waals surface area contributed by atoms with Crippen molar-refractivity contribution in [2.24, 2.45) is 0 Å². The fourth-order valence-corrected chi connectivity index (χ4v) is 4.64. The van der Waals surface area contributed by atoms with Crippen LogP contribution in [0.1, 0.15) is 0 Å². The molecule has 0 aliphatic heterocycles. The second kappa shape index (κ2) is 4.30. The molecular formula is C16H10N2Se. The number of rotatable bonds is 1. The van der Waals surface area contributed by atoms with Crippen LogP contribution in [-0.2, 0) is 0 Å². The Labute approximate surface area is 116 Å². The van der Waals surface area contributed by atoms with Crippen LogP contribution >= 0.6 is 0 Å². The average Bonchev–Trinajstić information content (AvgIpc) is 2.86. The number of benzene rings is 1. The van der Waals surface area contributed by atoms with E-state index >= 15 is 0 Å². The summed E-state index contributed by atoms with van der Waals surface area (Å²) in [6, 6.07) is 14.9. The zero-order valence-corrected chi connectivity index (χ0v) is 11.8. The van der Waals surface area contributed by atoms with E-state index in [1.54, 1.807) is 0 Å². The summed E-state index contributed by atoms with van der Waals surface area (Å²) in [4.78, 5) is 8.65. The Bertz CT molecular complexity index is 866. The summed E-state index contributed by atoms with van der Waals surface area (Å²) in [7, 11) is 0. The zero-order valence-electron chi connectivity index (χ0n) is 10.1. The average molecular weight is 309 g/mol. The summed E-state index contributed by atoms with van der Waals surface area (Å²) >= 11 is 0.399. The number of aromatic nitrogens is 2. The van der Waals surface area contributed by atoms with Crippen LogP contribution in [0.3, 0.4) is 0 Å². The molecule has 0 N–H and O–H groups in total. The van der Waals surface area contributed by atoms with Gasteiger partial charge in [0.15, 0.2) is 0 Å². The molecule has 90 valence electrons. The van der Waals surface area contributed by atoms with Crippen LogP contribution < -0.4 is 0 Å².